The average molecular weight is 300 g/mol. The second-order valence-corrected chi connectivity index (χ2v) is 5.54. The van der Waals surface area contributed by atoms with E-state index in [0.29, 0.717) is 28.5 Å². The summed E-state index contributed by atoms with van der Waals surface area (Å²) in [6.45, 7) is 5.76. The summed E-state index contributed by atoms with van der Waals surface area (Å²) >= 11 is 11.9. The first-order valence-electron chi connectivity index (χ1n) is 6.17. The minimum atomic E-state index is -0.584. The Morgan fingerprint density at radius 2 is 2.00 bits per heavy atom. The van der Waals surface area contributed by atoms with Crippen molar-refractivity contribution in [3.05, 3.63) is 46.5 Å². The number of carbonyl (C=O) groups excluding carboxylic acids is 1. The molecule has 0 saturated carbocycles. The normalized spacial score (nSPS) is 14.2. The van der Waals surface area contributed by atoms with E-state index < -0.39 is 5.54 Å². The van der Waals surface area contributed by atoms with Gasteiger partial charge in [-0.15, -0.1) is 6.58 Å². The molecule has 0 spiro atoms. The van der Waals surface area contributed by atoms with Gasteiger partial charge in [0.25, 0.3) is 0 Å². The zero-order chi connectivity index (χ0) is 14.6. The van der Waals surface area contributed by atoms with Gasteiger partial charge in [-0.2, -0.15) is 0 Å². The van der Waals surface area contributed by atoms with E-state index in [1.54, 1.807) is 24.3 Å². The lowest BCUT2D eigenvalue weighted by molar-refractivity contribution is 0.0673. The van der Waals surface area contributed by atoms with Gasteiger partial charge >= 0.3 is 0 Å². The molecule has 0 fully saturated rings. The number of Topliss-reactive ketones (excluding diaryl/α,β-unsaturated/α-hetero) is 1. The molecule has 1 aromatic rings. The van der Waals surface area contributed by atoms with Gasteiger partial charge < -0.3 is 0 Å². The number of rotatable bonds is 6. The van der Waals surface area contributed by atoms with Crippen LogP contribution < -0.4 is 0 Å². The predicted octanol–water partition coefficient (Wildman–Crippen LogP) is 4.46. The van der Waals surface area contributed by atoms with Crippen molar-refractivity contribution in [2.24, 2.45) is 0 Å². The van der Waals surface area contributed by atoms with E-state index in [9.17, 15) is 4.79 Å². The highest BCUT2D eigenvalue weighted by Gasteiger charge is 2.38. The number of halogens is 2. The van der Waals surface area contributed by atoms with Crippen molar-refractivity contribution in [3.8, 4) is 0 Å². The van der Waals surface area contributed by atoms with E-state index in [2.05, 4.69) is 6.58 Å². The minimum Gasteiger partial charge on any atom is -0.297 e. The molecule has 0 radical (unpaired) electrons. The first kappa shape index (κ1) is 16.2. The van der Waals surface area contributed by atoms with E-state index in [1.807, 2.05) is 25.9 Å². The Morgan fingerprint density at radius 3 is 2.42 bits per heavy atom. The van der Waals surface area contributed by atoms with Gasteiger partial charge in [-0.1, -0.05) is 36.2 Å². The van der Waals surface area contributed by atoms with Gasteiger partial charge in [0.2, 0.25) is 0 Å². The van der Waals surface area contributed by atoms with Gasteiger partial charge in [0.05, 0.1) is 15.6 Å². The van der Waals surface area contributed by atoms with Crippen molar-refractivity contribution < 1.29 is 4.79 Å². The molecule has 0 aromatic heterocycles. The lowest BCUT2D eigenvalue weighted by Gasteiger charge is -2.37. The van der Waals surface area contributed by atoms with Crippen LogP contribution in [-0.2, 0) is 0 Å². The van der Waals surface area contributed by atoms with Gasteiger partial charge in [0.15, 0.2) is 5.78 Å². The number of carbonyl (C=O) groups is 1. The first-order valence-corrected chi connectivity index (χ1v) is 6.92. The van der Waals surface area contributed by atoms with Crippen molar-refractivity contribution in [1.82, 2.24) is 4.90 Å². The maximum absolute atomic E-state index is 12.8. The third kappa shape index (κ3) is 3.19. The number of ketones is 1. The topological polar surface area (TPSA) is 20.3 Å². The van der Waals surface area contributed by atoms with Crippen LogP contribution in [0.3, 0.4) is 0 Å². The van der Waals surface area contributed by atoms with Crippen LogP contribution in [0.5, 0.6) is 0 Å². The van der Waals surface area contributed by atoms with Gasteiger partial charge in [-0.05, 0) is 45.1 Å². The molecule has 1 atom stereocenters. The summed E-state index contributed by atoms with van der Waals surface area (Å²) < 4.78 is 0. The number of benzene rings is 1. The summed E-state index contributed by atoms with van der Waals surface area (Å²) in [6.07, 6.45) is 3.07. The largest absolute Gasteiger partial charge is 0.297 e. The Balaban J connectivity index is 3.26. The Kier molecular flexibility index (Phi) is 5.60. The first-order chi connectivity index (χ1) is 8.89. The van der Waals surface area contributed by atoms with Crippen LogP contribution in [0.1, 0.15) is 30.1 Å². The molecule has 1 aromatic carbocycles. The molecule has 0 aliphatic heterocycles. The quantitative estimate of drug-likeness (QED) is 0.571. The molecule has 4 heteroatoms. The Morgan fingerprint density at radius 1 is 1.37 bits per heavy atom. The average Bonchev–Trinajstić information content (AvgIpc) is 2.38. The Bertz CT molecular complexity index is 485. The van der Waals surface area contributed by atoms with E-state index in [4.69, 9.17) is 23.2 Å². The lowest BCUT2D eigenvalue weighted by Crippen LogP contribution is -2.50. The molecule has 19 heavy (non-hydrogen) atoms. The summed E-state index contributed by atoms with van der Waals surface area (Å²) in [5, 5.41) is 0.851. The van der Waals surface area contributed by atoms with Crippen LogP contribution in [0, 0.1) is 0 Å². The van der Waals surface area contributed by atoms with E-state index in [1.165, 1.54) is 0 Å². The van der Waals surface area contributed by atoms with Gasteiger partial charge in [0, 0.05) is 5.56 Å². The molecule has 0 saturated heterocycles. The van der Waals surface area contributed by atoms with Gasteiger partial charge in [-0.25, -0.2) is 0 Å². The monoisotopic (exact) mass is 299 g/mol. The number of hydrogen-bond donors (Lipinski definition) is 0. The standard InChI is InChI=1S/C15H19Cl2NO/c1-5-9-15(6-2,18(3)4)14(19)11-7-8-12(16)13(17)10-11/h5,7-8,10H,1,6,9H2,2-4H3. The molecule has 0 heterocycles. The number of hydrogen-bond acceptors (Lipinski definition) is 2. The van der Waals surface area contributed by atoms with E-state index in [0.717, 1.165) is 0 Å². The van der Waals surface area contributed by atoms with Gasteiger partial charge in [0.1, 0.15) is 0 Å². The molecule has 0 N–H and O–H groups in total. The van der Waals surface area contributed by atoms with Crippen LogP contribution in [-0.4, -0.2) is 30.3 Å². The lowest BCUT2D eigenvalue weighted by atomic mass is 9.82. The molecule has 0 aliphatic carbocycles. The predicted molar refractivity (Wildman–Crippen MR) is 82.3 cm³/mol. The fourth-order valence-electron chi connectivity index (χ4n) is 2.24. The highest BCUT2D eigenvalue weighted by Crippen LogP contribution is 2.30. The molecule has 1 unspecified atom stereocenters. The SMILES string of the molecule is C=CCC(CC)(C(=O)c1ccc(Cl)c(Cl)c1)N(C)C. The molecular formula is C15H19Cl2NO. The van der Waals surface area contributed by atoms with Crippen LogP contribution in [0.15, 0.2) is 30.9 Å². The van der Waals surface area contributed by atoms with Crippen LogP contribution in [0.2, 0.25) is 10.0 Å². The van der Waals surface area contributed by atoms with E-state index in [-0.39, 0.29) is 5.78 Å². The summed E-state index contributed by atoms with van der Waals surface area (Å²) in [4.78, 5) is 14.7. The molecule has 2 nitrogen and oxygen atoms in total. The Hall–Kier alpha value is -0.830. The summed E-state index contributed by atoms with van der Waals surface area (Å²) in [5.41, 5.74) is -0.00868. The third-order valence-electron chi connectivity index (χ3n) is 3.53. The van der Waals surface area contributed by atoms with Crippen LogP contribution in [0.4, 0.5) is 0 Å². The summed E-state index contributed by atoms with van der Waals surface area (Å²) in [6, 6.07) is 5.00. The third-order valence-corrected chi connectivity index (χ3v) is 4.27. The highest BCUT2D eigenvalue weighted by molar-refractivity contribution is 6.42. The van der Waals surface area contributed by atoms with Crippen molar-refractivity contribution in [2.45, 2.75) is 25.3 Å². The van der Waals surface area contributed by atoms with Crippen molar-refractivity contribution in [1.29, 1.82) is 0 Å². The molecule has 0 amide bonds. The second-order valence-electron chi connectivity index (χ2n) is 4.73. The fraction of sp³-hybridized carbons (Fsp3) is 0.400. The van der Waals surface area contributed by atoms with E-state index >= 15 is 0 Å². The minimum absolute atomic E-state index is 0.0402. The molecule has 0 aliphatic rings. The fourth-order valence-corrected chi connectivity index (χ4v) is 2.54. The maximum Gasteiger partial charge on any atom is 0.183 e. The zero-order valence-corrected chi connectivity index (χ0v) is 13.1. The van der Waals surface area contributed by atoms with Crippen LogP contribution in [0.25, 0.3) is 0 Å². The molecule has 104 valence electrons. The zero-order valence-electron chi connectivity index (χ0n) is 11.5. The second kappa shape index (κ2) is 6.56. The van der Waals surface area contributed by atoms with Crippen LogP contribution >= 0.6 is 23.2 Å². The summed E-state index contributed by atoms with van der Waals surface area (Å²) in [5.74, 6) is 0.0402. The smallest absolute Gasteiger partial charge is 0.183 e. The number of nitrogens with zero attached hydrogens (tertiary/aromatic N) is 1. The van der Waals surface area contributed by atoms with Crippen molar-refractivity contribution >= 4 is 29.0 Å². The number of likely N-dealkylation sites (N-methyl/N-ethyl adjacent to an activating group) is 1. The molecule has 1 rings (SSSR count). The van der Waals surface area contributed by atoms with Crippen molar-refractivity contribution in [3.63, 3.8) is 0 Å². The summed E-state index contributed by atoms with van der Waals surface area (Å²) in [7, 11) is 3.81. The maximum atomic E-state index is 12.8. The van der Waals surface area contributed by atoms with Gasteiger partial charge in [-0.3, -0.25) is 9.69 Å². The molecule has 0 bridgehead atoms. The van der Waals surface area contributed by atoms with Crippen molar-refractivity contribution in [2.75, 3.05) is 14.1 Å². The highest BCUT2D eigenvalue weighted by atomic mass is 35.5. The molecular weight excluding hydrogens is 281 g/mol. The Labute approximate surface area is 125 Å².